The molecule has 0 radical (unpaired) electrons. The molecule has 1 aliphatic carbocycles. The summed E-state index contributed by atoms with van der Waals surface area (Å²) in [6.45, 7) is 1.94. The van der Waals surface area contributed by atoms with E-state index in [1.807, 2.05) is 6.07 Å². The van der Waals surface area contributed by atoms with Crippen LogP contribution in [0.5, 0.6) is 0 Å². The zero-order valence-electron chi connectivity index (χ0n) is 11.4. The molecule has 0 aromatic carbocycles. The third-order valence-electron chi connectivity index (χ3n) is 4.30. The molecule has 3 heterocycles. The van der Waals surface area contributed by atoms with E-state index in [0.29, 0.717) is 22.9 Å². The highest BCUT2D eigenvalue weighted by Gasteiger charge is 2.27. The molecule has 2 aromatic rings. The van der Waals surface area contributed by atoms with Crippen LogP contribution in [-0.4, -0.2) is 28.0 Å². The van der Waals surface area contributed by atoms with Crippen LogP contribution in [0.15, 0.2) is 17.1 Å². The molecule has 1 aliphatic heterocycles. The van der Waals surface area contributed by atoms with Gasteiger partial charge in [-0.2, -0.15) is 4.98 Å². The van der Waals surface area contributed by atoms with Crippen molar-refractivity contribution in [3.05, 3.63) is 28.2 Å². The number of piperidine rings is 1. The summed E-state index contributed by atoms with van der Waals surface area (Å²) < 4.78 is 0. The predicted octanol–water partition coefficient (Wildman–Crippen LogP) is 2.19. The summed E-state index contributed by atoms with van der Waals surface area (Å²) >= 11 is 0. The largest absolute Gasteiger partial charge is 0.342 e. The number of aromatic nitrogens is 3. The molecule has 0 atom stereocenters. The van der Waals surface area contributed by atoms with Crippen molar-refractivity contribution in [3.8, 4) is 0 Å². The van der Waals surface area contributed by atoms with E-state index >= 15 is 0 Å². The molecule has 1 N–H and O–H groups in total. The molecule has 1 saturated carbocycles. The monoisotopic (exact) mass is 270 g/mol. The summed E-state index contributed by atoms with van der Waals surface area (Å²) in [4.78, 5) is 26.5. The fraction of sp³-hybridized carbons (Fsp3) is 0.533. The highest BCUT2D eigenvalue weighted by Crippen LogP contribution is 2.41. The molecule has 0 amide bonds. The lowest BCUT2D eigenvalue weighted by atomic mass is 10.1. The first-order chi connectivity index (χ1) is 9.83. The number of hydrogen-bond donors (Lipinski definition) is 1. The minimum atomic E-state index is -0.0365. The first-order valence-corrected chi connectivity index (χ1v) is 7.47. The summed E-state index contributed by atoms with van der Waals surface area (Å²) in [7, 11) is 0. The van der Waals surface area contributed by atoms with Crippen LogP contribution in [0.1, 0.15) is 43.6 Å². The van der Waals surface area contributed by atoms with Crippen molar-refractivity contribution in [2.24, 2.45) is 0 Å². The fourth-order valence-electron chi connectivity index (χ4n) is 3.06. The minimum Gasteiger partial charge on any atom is -0.342 e. The van der Waals surface area contributed by atoms with Gasteiger partial charge in [0.05, 0.1) is 5.39 Å². The van der Waals surface area contributed by atoms with E-state index in [4.69, 9.17) is 0 Å². The molecule has 1 saturated heterocycles. The maximum absolute atomic E-state index is 12.4. The summed E-state index contributed by atoms with van der Waals surface area (Å²) in [5.41, 5.74) is 1.68. The van der Waals surface area contributed by atoms with E-state index in [9.17, 15) is 4.79 Å². The van der Waals surface area contributed by atoms with Gasteiger partial charge in [-0.1, -0.05) is 0 Å². The standard InChI is InChI=1S/C15H18N4O/c20-14-12-11(10-4-5-10)6-7-16-13(12)17-15(18-14)19-8-2-1-3-9-19/h6-7,10H,1-5,8-9H2,(H,16,17,18,20). The Kier molecular flexibility index (Phi) is 2.72. The SMILES string of the molecule is O=c1[nH]c(N2CCCCC2)nc2nccc(C3CC3)c12. The van der Waals surface area contributed by atoms with Gasteiger partial charge in [0, 0.05) is 19.3 Å². The summed E-state index contributed by atoms with van der Waals surface area (Å²) in [6.07, 6.45) is 7.72. The minimum absolute atomic E-state index is 0.0365. The first kappa shape index (κ1) is 11.9. The second-order valence-electron chi connectivity index (χ2n) is 5.81. The van der Waals surface area contributed by atoms with Gasteiger partial charge in [-0.25, -0.2) is 4.98 Å². The maximum atomic E-state index is 12.4. The second-order valence-corrected chi connectivity index (χ2v) is 5.81. The topological polar surface area (TPSA) is 61.9 Å². The molecular weight excluding hydrogens is 252 g/mol. The molecule has 104 valence electrons. The van der Waals surface area contributed by atoms with Crippen molar-refractivity contribution in [2.75, 3.05) is 18.0 Å². The number of fused-ring (bicyclic) bond motifs is 1. The van der Waals surface area contributed by atoms with Crippen LogP contribution in [0.25, 0.3) is 11.0 Å². The molecule has 5 nitrogen and oxygen atoms in total. The van der Waals surface area contributed by atoms with Crippen LogP contribution >= 0.6 is 0 Å². The van der Waals surface area contributed by atoms with E-state index in [1.54, 1.807) is 6.20 Å². The van der Waals surface area contributed by atoms with Crippen LogP contribution in [0.2, 0.25) is 0 Å². The van der Waals surface area contributed by atoms with Crippen molar-refractivity contribution in [1.82, 2.24) is 15.0 Å². The number of hydrogen-bond acceptors (Lipinski definition) is 4. The molecular formula is C15H18N4O. The lowest BCUT2D eigenvalue weighted by molar-refractivity contribution is 0.568. The van der Waals surface area contributed by atoms with Gasteiger partial charge >= 0.3 is 0 Å². The second kappa shape index (κ2) is 4.58. The van der Waals surface area contributed by atoms with Gasteiger partial charge in [-0.05, 0) is 49.7 Å². The molecule has 4 rings (SSSR count). The average molecular weight is 270 g/mol. The average Bonchev–Trinajstić information content (AvgIpc) is 3.32. The Labute approximate surface area is 117 Å². The fourth-order valence-corrected chi connectivity index (χ4v) is 3.06. The van der Waals surface area contributed by atoms with Gasteiger partial charge in [0.15, 0.2) is 5.65 Å². The van der Waals surface area contributed by atoms with Crippen molar-refractivity contribution in [2.45, 2.75) is 38.0 Å². The number of rotatable bonds is 2. The molecule has 0 unspecified atom stereocenters. The van der Waals surface area contributed by atoms with Crippen LogP contribution in [0.3, 0.4) is 0 Å². The quantitative estimate of drug-likeness (QED) is 0.908. The Morgan fingerprint density at radius 1 is 1.20 bits per heavy atom. The molecule has 0 bridgehead atoms. The molecule has 2 aromatic heterocycles. The summed E-state index contributed by atoms with van der Waals surface area (Å²) in [6, 6.07) is 1.97. The van der Waals surface area contributed by atoms with E-state index < -0.39 is 0 Å². The van der Waals surface area contributed by atoms with E-state index in [1.165, 1.54) is 19.3 Å². The number of nitrogens with one attached hydrogen (secondary N) is 1. The van der Waals surface area contributed by atoms with Crippen LogP contribution in [0.4, 0.5) is 5.95 Å². The first-order valence-electron chi connectivity index (χ1n) is 7.47. The number of nitrogens with zero attached hydrogens (tertiary/aromatic N) is 3. The van der Waals surface area contributed by atoms with Crippen molar-refractivity contribution >= 4 is 17.0 Å². The Bertz CT molecular complexity index is 699. The molecule has 20 heavy (non-hydrogen) atoms. The van der Waals surface area contributed by atoms with E-state index in [-0.39, 0.29) is 5.56 Å². The van der Waals surface area contributed by atoms with Gasteiger partial charge in [-0.15, -0.1) is 0 Å². The van der Waals surface area contributed by atoms with Gasteiger partial charge in [0.1, 0.15) is 0 Å². The van der Waals surface area contributed by atoms with Crippen LogP contribution in [-0.2, 0) is 0 Å². The van der Waals surface area contributed by atoms with Crippen LogP contribution in [0, 0.1) is 0 Å². The Hall–Kier alpha value is -1.91. The zero-order valence-corrected chi connectivity index (χ0v) is 11.4. The highest BCUT2D eigenvalue weighted by atomic mass is 16.1. The highest BCUT2D eigenvalue weighted by molar-refractivity contribution is 5.79. The van der Waals surface area contributed by atoms with Crippen molar-refractivity contribution < 1.29 is 0 Å². The number of pyridine rings is 1. The number of aromatic amines is 1. The van der Waals surface area contributed by atoms with Gasteiger partial charge in [-0.3, -0.25) is 9.78 Å². The van der Waals surface area contributed by atoms with Crippen molar-refractivity contribution in [1.29, 1.82) is 0 Å². The Morgan fingerprint density at radius 3 is 2.75 bits per heavy atom. The lowest BCUT2D eigenvalue weighted by Crippen LogP contribution is -2.32. The third kappa shape index (κ3) is 1.97. The maximum Gasteiger partial charge on any atom is 0.262 e. The molecule has 5 heteroatoms. The normalized spacial score (nSPS) is 19.5. The van der Waals surface area contributed by atoms with Crippen molar-refractivity contribution in [3.63, 3.8) is 0 Å². The molecule has 2 aliphatic rings. The smallest absolute Gasteiger partial charge is 0.262 e. The predicted molar refractivity (Wildman–Crippen MR) is 78.2 cm³/mol. The van der Waals surface area contributed by atoms with E-state index in [0.717, 1.165) is 31.5 Å². The summed E-state index contributed by atoms with van der Waals surface area (Å²) in [5, 5.41) is 0.691. The number of H-pyrrole nitrogens is 1. The zero-order chi connectivity index (χ0) is 13.5. The molecule has 0 spiro atoms. The van der Waals surface area contributed by atoms with Gasteiger partial charge in [0.2, 0.25) is 5.95 Å². The van der Waals surface area contributed by atoms with Crippen LogP contribution < -0.4 is 10.5 Å². The Morgan fingerprint density at radius 2 is 2.00 bits per heavy atom. The molecule has 2 fully saturated rings. The third-order valence-corrected chi connectivity index (χ3v) is 4.30. The summed E-state index contributed by atoms with van der Waals surface area (Å²) in [5.74, 6) is 1.21. The van der Waals surface area contributed by atoms with E-state index in [2.05, 4.69) is 19.9 Å². The number of anilines is 1. The lowest BCUT2D eigenvalue weighted by Gasteiger charge is -2.27. The Balaban J connectivity index is 1.84. The van der Waals surface area contributed by atoms with Gasteiger partial charge < -0.3 is 4.90 Å². The van der Waals surface area contributed by atoms with Gasteiger partial charge in [0.25, 0.3) is 5.56 Å².